The zero-order valence-electron chi connectivity index (χ0n) is 14.2. The fourth-order valence-electron chi connectivity index (χ4n) is 2.79. The second kappa shape index (κ2) is 8.70. The molecule has 1 atom stereocenters. The molecule has 0 spiro atoms. The third-order valence-corrected chi connectivity index (χ3v) is 4.34. The van der Waals surface area contributed by atoms with E-state index in [2.05, 4.69) is 5.32 Å². The molecule has 0 bridgehead atoms. The van der Waals surface area contributed by atoms with Gasteiger partial charge in [0, 0.05) is 32.2 Å². The minimum atomic E-state index is -1.17. The molecule has 1 aliphatic heterocycles. The van der Waals surface area contributed by atoms with E-state index in [0.717, 1.165) is 12.1 Å². The summed E-state index contributed by atoms with van der Waals surface area (Å²) in [6.07, 6.45) is -0.391. The van der Waals surface area contributed by atoms with Gasteiger partial charge in [-0.05, 0) is 25.0 Å². The molecule has 9 heteroatoms. The third-order valence-electron chi connectivity index (χ3n) is 4.34. The quantitative estimate of drug-likeness (QED) is 0.780. The number of rotatable bonds is 6. The van der Waals surface area contributed by atoms with Crippen molar-refractivity contribution in [3.8, 4) is 0 Å². The average molecular weight is 370 g/mol. The number of halogens is 2. The molecule has 142 valence electrons. The van der Waals surface area contributed by atoms with Crippen molar-refractivity contribution < 1.29 is 33.0 Å². The van der Waals surface area contributed by atoms with E-state index in [1.54, 1.807) is 0 Å². The molecule has 2 N–H and O–H groups in total. The fraction of sp³-hybridized carbons (Fsp3) is 0.471. The highest BCUT2D eigenvalue weighted by Crippen LogP contribution is 2.20. The number of carbonyl (C=O) groups excluding carboxylic acids is 2. The molecule has 0 radical (unpaired) electrons. The molecular weight excluding hydrogens is 350 g/mol. The summed E-state index contributed by atoms with van der Waals surface area (Å²) in [5, 5.41) is 11.4. The molecule has 1 heterocycles. The lowest BCUT2D eigenvalue weighted by molar-refractivity contribution is -0.148. The number of nitrogens with zero attached hydrogens (tertiary/aromatic N) is 1. The molecule has 1 aromatic carbocycles. The topological polar surface area (TPSA) is 95.9 Å². The number of nitrogens with one attached hydrogen (secondary N) is 1. The van der Waals surface area contributed by atoms with Gasteiger partial charge in [-0.3, -0.25) is 9.59 Å². The van der Waals surface area contributed by atoms with Crippen LogP contribution in [0, 0.1) is 17.6 Å². The minimum absolute atomic E-state index is 0.148. The van der Waals surface area contributed by atoms with Crippen LogP contribution in [0.2, 0.25) is 0 Å². The number of likely N-dealkylation sites (tertiary alicyclic amines) is 1. The number of ether oxygens (including phenoxy) is 1. The van der Waals surface area contributed by atoms with Gasteiger partial charge < -0.3 is 20.1 Å². The lowest BCUT2D eigenvalue weighted by atomic mass is 9.95. The molecule has 2 rings (SSSR count). The van der Waals surface area contributed by atoms with Gasteiger partial charge in [-0.1, -0.05) is 0 Å². The molecule has 1 aromatic rings. The van der Waals surface area contributed by atoms with Crippen molar-refractivity contribution in [2.45, 2.75) is 18.9 Å². The van der Waals surface area contributed by atoms with Gasteiger partial charge in [0.05, 0.1) is 12.1 Å². The van der Waals surface area contributed by atoms with Crippen LogP contribution in [0.25, 0.3) is 0 Å². The minimum Gasteiger partial charge on any atom is -0.479 e. The van der Waals surface area contributed by atoms with Crippen molar-refractivity contribution in [2.75, 3.05) is 26.7 Å². The Hall–Kier alpha value is -2.55. The van der Waals surface area contributed by atoms with Crippen LogP contribution in [0.4, 0.5) is 8.78 Å². The molecule has 0 aliphatic carbocycles. The predicted molar refractivity (Wildman–Crippen MR) is 86.4 cm³/mol. The molecule has 7 nitrogen and oxygen atoms in total. The Morgan fingerprint density at radius 2 is 1.96 bits per heavy atom. The van der Waals surface area contributed by atoms with Crippen LogP contribution in [-0.4, -0.2) is 60.6 Å². The lowest BCUT2D eigenvalue weighted by Gasteiger charge is -2.31. The molecule has 1 saturated heterocycles. The number of benzene rings is 1. The van der Waals surface area contributed by atoms with E-state index in [4.69, 9.17) is 9.84 Å². The third kappa shape index (κ3) is 4.75. The van der Waals surface area contributed by atoms with Gasteiger partial charge in [-0.15, -0.1) is 0 Å². The number of carboxylic acids is 1. The monoisotopic (exact) mass is 370 g/mol. The number of amides is 2. The Morgan fingerprint density at radius 1 is 1.31 bits per heavy atom. The van der Waals surface area contributed by atoms with E-state index < -0.39 is 29.6 Å². The predicted octanol–water partition coefficient (Wildman–Crippen LogP) is 1.03. The molecule has 0 aromatic heterocycles. The van der Waals surface area contributed by atoms with Gasteiger partial charge in [0.25, 0.3) is 5.91 Å². The summed E-state index contributed by atoms with van der Waals surface area (Å²) in [5.74, 6) is -4.09. The van der Waals surface area contributed by atoms with Gasteiger partial charge in [-0.2, -0.15) is 0 Å². The molecular formula is C17H20F2N2O5. The van der Waals surface area contributed by atoms with Crippen molar-refractivity contribution in [3.63, 3.8) is 0 Å². The molecule has 1 aliphatic rings. The number of carboxylic acid groups (broad SMARTS) is 1. The molecule has 2 amide bonds. The number of aliphatic carboxylic acids is 1. The van der Waals surface area contributed by atoms with Crippen LogP contribution in [0.3, 0.4) is 0 Å². The highest BCUT2D eigenvalue weighted by molar-refractivity contribution is 5.94. The number of methoxy groups -OCH3 is 1. The maximum Gasteiger partial charge on any atom is 0.334 e. The zero-order chi connectivity index (χ0) is 19.3. The highest BCUT2D eigenvalue weighted by atomic mass is 19.1. The standard InChI is InChI=1S/C17H20F2N2O5/c1-26-14(17(24)25)9-20-15(22)10-4-6-21(7-5-10)16(23)12-3-2-11(18)8-13(12)19/h2-3,8,10,14H,4-7,9H2,1H3,(H,20,22)(H,24,25). The SMILES string of the molecule is COC(CNC(=O)C1CCN(C(=O)c2ccc(F)cc2F)CC1)C(=O)O. The summed E-state index contributed by atoms with van der Waals surface area (Å²) >= 11 is 0. The lowest BCUT2D eigenvalue weighted by Crippen LogP contribution is -2.45. The first-order valence-corrected chi connectivity index (χ1v) is 8.11. The molecule has 26 heavy (non-hydrogen) atoms. The van der Waals surface area contributed by atoms with Crippen molar-refractivity contribution in [1.82, 2.24) is 10.2 Å². The Morgan fingerprint density at radius 3 is 2.50 bits per heavy atom. The number of piperidine rings is 1. The Kier molecular flexibility index (Phi) is 6.62. The van der Waals surface area contributed by atoms with Crippen molar-refractivity contribution in [3.05, 3.63) is 35.4 Å². The van der Waals surface area contributed by atoms with Crippen LogP contribution in [0.5, 0.6) is 0 Å². The summed E-state index contributed by atoms with van der Waals surface area (Å²) < 4.78 is 31.4. The summed E-state index contributed by atoms with van der Waals surface area (Å²) in [4.78, 5) is 36.7. The fourth-order valence-corrected chi connectivity index (χ4v) is 2.79. The van der Waals surface area contributed by atoms with Crippen molar-refractivity contribution in [2.24, 2.45) is 5.92 Å². The maximum atomic E-state index is 13.7. The van der Waals surface area contributed by atoms with Crippen molar-refractivity contribution >= 4 is 17.8 Å². The van der Waals surface area contributed by atoms with E-state index in [9.17, 15) is 23.2 Å². The first-order valence-electron chi connectivity index (χ1n) is 8.11. The van der Waals surface area contributed by atoms with Crippen LogP contribution in [-0.2, 0) is 14.3 Å². The van der Waals surface area contributed by atoms with E-state index in [1.165, 1.54) is 12.0 Å². The maximum absolute atomic E-state index is 13.7. The normalized spacial score (nSPS) is 16.2. The Bertz CT molecular complexity index is 690. The summed E-state index contributed by atoms with van der Waals surface area (Å²) in [6.45, 7) is 0.353. The molecule has 1 fully saturated rings. The van der Waals surface area contributed by atoms with E-state index >= 15 is 0 Å². The van der Waals surface area contributed by atoms with Gasteiger partial charge in [0.15, 0.2) is 6.10 Å². The van der Waals surface area contributed by atoms with Crippen LogP contribution < -0.4 is 5.32 Å². The largest absolute Gasteiger partial charge is 0.479 e. The van der Waals surface area contributed by atoms with E-state index in [1.807, 2.05) is 0 Å². The molecule has 1 unspecified atom stereocenters. The Balaban J connectivity index is 1.87. The smallest absolute Gasteiger partial charge is 0.334 e. The highest BCUT2D eigenvalue weighted by Gasteiger charge is 2.29. The number of carbonyl (C=O) groups is 3. The van der Waals surface area contributed by atoms with Crippen molar-refractivity contribution in [1.29, 1.82) is 0 Å². The average Bonchev–Trinajstić information content (AvgIpc) is 2.61. The first kappa shape index (κ1) is 19.8. The zero-order valence-corrected chi connectivity index (χ0v) is 14.2. The van der Waals surface area contributed by atoms with Gasteiger partial charge in [0.1, 0.15) is 11.6 Å². The summed E-state index contributed by atoms with van der Waals surface area (Å²) in [7, 11) is 1.24. The summed E-state index contributed by atoms with van der Waals surface area (Å²) in [6, 6.07) is 2.77. The van der Waals surface area contributed by atoms with Crippen LogP contribution >= 0.6 is 0 Å². The van der Waals surface area contributed by atoms with Crippen LogP contribution in [0.15, 0.2) is 18.2 Å². The number of hydrogen-bond donors (Lipinski definition) is 2. The second-order valence-electron chi connectivity index (χ2n) is 6.00. The van der Waals surface area contributed by atoms with Gasteiger partial charge in [-0.25, -0.2) is 13.6 Å². The van der Waals surface area contributed by atoms with E-state index in [0.29, 0.717) is 18.9 Å². The van der Waals surface area contributed by atoms with E-state index in [-0.39, 0.29) is 37.0 Å². The second-order valence-corrected chi connectivity index (χ2v) is 6.00. The Labute approximate surface area is 148 Å². The number of hydrogen-bond acceptors (Lipinski definition) is 4. The summed E-state index contributed by atoms with van der Waals surface area (Å²) in [5.41, 5.74) is -0.210. The van der Waals surface area contributed by atoms with Gasteiger partial charge in [0.2, 0.25) is 5.91 Å². The van der Waals surface area contributed by atoms with Crippen LogP contribution in [0.1, 0.15) is 23.2 Å². The first-order chi connectivity index (χ1) is 12.3. The van der Waals surface area contributed by atoms with Gasteiger partial charge >= 0.3 is 5.97 Å². The molecule has 0 saturated carbocycles.